The third-order valence-corrected chi connectivity index (χ3v) is 7.77. The molecule has 0 spiro atoms. The van der Waals surface area contributed by atoms with E-state index in [0.717, 1.165) is 34.7 Å². The van der Waals surface area contributed by atoms with Crippen molar-refractivity contribution in [2.75, 3.05) is 13.1 Å². The van der Waals surface area contributed by atoms with Gasteiger partial charge in [-0.25, -0.2) is 4.98 Å². The van der Waals surface area contributed by atoms with Crippen LogP contribution in [0.5, 0.6) is 5.75 Å². The molecule has 162 valence electrons. The molecule has 2 aromatic heterocycles. The molecule has 1 amide bonds. The first-order chi connectivity index (χ1) is 15.1. The second-order valence-electron chi connectivity index (χ2n) is 8.41. The fourth-order valence-electron chi connectivity index (χ4n) is 4.34. The fraction of sp³-hybridized carbons (Fsp3) is 0.417. The van der Waals surface area contributed by atoms with Crippen LogP contribution in [-0.2, 0) is 30.7 Å². The molecule has 0 bridgehead atoms. The summed E-state index contributed by atoms with van der Waals surface area (Å²) in [4.78, 5) is 21.1. The molecule has 7 heteroatoms. The number of carbonyl (C=O) groups excluding carboxylic acids is 1. The highest BCUT2D eigenvalue weighted by molar-refractivity contribution is 7.11. The number of nitrogens with one attached hydrogen (secondary N) is 1. The highest BCUT2D eigenvalue weighted by Gasteiger charge is 2.26. The van der Waals surface area contributed by atoms with Crippen molar-refractivity contribution in [3.8, 4) is 5.75 Å². The molecule has 0 unspecified atom stereocenters. The minimum Gasteiger partial charge on any atom is -0.484 e. The number of hydrogen-bond donors (Lipinski definition) is 1. The van der Waals surface area contributed by atoms with E-state index in [4.69, 9.17) is 9.72 Å². The van der Waals surface area contributed by atoms with Gasteiger partial charge >= 0.3 is 0 Å². The first kappa shape index (κ1) is 20.7. The Morgan fingerprint density at radius 1 is 1.29 bits per heavy atom. The minimum absolute atomic E-state index is 0.0355. The lowest BCUT2D eigenvalue weighted by molar-refractivity contribution is -0.122. The highest BCUT2D eigenvalue weighted by atomic mass is 32.1. The van der Waals surface area contributed by atoms with E-state index < -0.39 is 0 Å². The Hall–Kier alpha value is -2.22. The van der Waals surface area contributed by atoms with Crippen molar-refractivity contribution >= 4 is 28.6 Å². The summed E-state index contributed by atoms with van der Waals surface area (Å²) in [5.74, 6) is 0.950. The average molecular weight is 454 g/mol. The van der Waals surface area contributed by atoms with Gasteiger partial charge in [0.25, 0.3) is 0 Å². The van der Waals surface area contributed by atoms with Gasteiger partial charge < -0.3 is 10.1 Å². The lowest BCUT2D eigenvalue weighted by Gasteiger charge is -2.23. The van der Waals surface area contributed by atoms with Crippen LogP contribution in [0.15, 0.2) is 35.0 Å². The standard InChI is InChI=1S/C24H27N3O2S2/c1-16-6-7-20-18(10-16)12-27(13-21(29-20)17-8-9-30-15-17)14-23(28)25-11-24-26-19-4-2-3-5-22(19)31-24/h6-10,15,21H,2-5,11-14H2,1H3,(H,25,28)/t21-/m0/s1. The largest absolute Gasteiger partial charge is 0.484 e. The molecule has 3 aromatic rings. The third-order valence-electron chi connectivity index (χ3n) is 5.91. The molecule has 0 radical (unpaired) electrons. The van der Waals surface area contributed by atoms with Crippen LogP contribution < -0.4 is 10.1 Å². The van der Waals surface area contributed by atoms with Crippen LogP contribution in [0.2, 0.25) is 0 Å². The summed E-state index contributed by atoms with van der Waals surface area (Å²) in [6, 6.07) is 8.41. The summed E-state index contributed by atoms with van der Waals surface area (Å²) in [6.45, 7) is 4.35. The Morgan fingerprint density at radius 3 is 3.03 bits per heavy atom. The molecule has 1 N–H and O–H groups in total. The van der Waals surface area contributed by atoms with E-state index in [9.17, 15) is 4.79 Å². The normalized spacial score (nSPS) is 18.5. The maximum atomic E-state index is 12.8. The maximum Gasteiger partial charge on any atom is 0.234 e. The van der Waals surface area contributed by atoms with Crippen molar-refractivity contribution in [1.29, 1.82) is 0 Å². The first-order valence-electron chi connectivity index (χ1n) is 10.9. The van der Waals surface area contributed by atoms with Gasteiger partial charge in [0.1, 0.15) is 16.9 Å². The van der Waals surface area contributed by atoms with Gasteiger partial charge in [-0.15, -0.1) is 11.3 Å². The molecule has 1 aromatic carbocycles. The number of benzene rings is 1. The average Bonchev–Trinajstić information content (AvgIpc) is 3.39. The Morgan fingerprint density at radius 2 is 2.19 bits per heavy atom. The molecule has 1 aliphatic heterocycles. The smallest absolute Gasteiger partial charge is 0.234 e. The summed E-state index contributed by atoms with van der Waals surface area (Å²) in [6.07, 6.45) is 4.62. The Bertz CT molecular complexity index is 1040. The van der Waals surface area contributed by atoms with E-state index >= 15 is 0 Å². The van der Waals surface area contributed by atoms with Gasteiger partial charge in [0.2, 0.25) is 5.91 Å². The quantitative estimate of drug-likeness (QED) is 0.611. The van der Waals surface area contributed by atoms with Crippen molar-refractivity contribution in [2.45, 2.75) is 51.8 Å². The van der Waals surface area contributed by atoms with Gasteiger partial charge in [0.05, 0.1) is 18.8 Å². The molecule has 5 rings (SSSR count). The van der Waals surface area contributed by atoms with Gasteiger partial charge in [-0.2, -0.15) is 11.3 Å². The molecule has 3 heterocycles. The van der Waals surface area contributed by atoms with Crippen LogP contribution in [0.25, 0.3) is 0 Å². The molecule has 31 heavy (non-hydrogen) atoms. The van der Waals surface area contributed by atoms with Gasteiger partial charge in [0, 0.05) is 29.1 Å². The third kappa shape index (κ3) is 4.84. The predicted molar refractivity (Wildman–Crippen MR) is 125 cm³/mol. The fourth-order valence-corrected chi connectivity index (χ4v) is 6.14. The molecule has 1 aliphatic carbocycles. The minimum atomic E-state index is -0.0753. The van der Waals surface area contributed by atoms with Gasteiger partial charge in [0.15, 0.2) is 0 Å². The van der Waals surface area contributed by atoms with Gasteiger partial charge in [-0.1, -0.05) is 17.7 Å². The highest BCUT2D eigenvalue weighted by Crippen LogP contribution is 2.32. The zero-order valence-electron chi connectivity index (χ0n) is 17.7. The molecular formula is C24H27N3O2S2. The number of aromatic nitrogens is 1. The number of thiophene rings is 1. The van der Waals surface area contributed by atoms with Crippen molar-refractivity contribution in [3.63, 3.8) is 0 Å². The monoisotopic (exact) mass is 453 g/mol. The number of ether oxygens (including phenoxy) is 1. The number of nitrogens with zero attached hydrogens (tertiary/aromatic N) is 2. The lowest BCUT2D eigenvalue weighted by Crippen LogP contribution is -2.38. The van der Waals surface area contributed by atoms with E-state index in [0.29, 0.717) is 26.2 Å². The number of thiazole rings is 1. The Balaban J connectivity index is 1.26. The summed E-state index contributed by atoms with van der Waals surface area (Å²) in [5.41, 5.74) is 4.75. The van der Waals surface area contributed by atoms with Gasteiger partial charge in [-0.3, -0.25) is 9.69 Å². The number of hydrogen-bond acceptors (Lipinski definition) is 6. The molecule has 0 saturated carbocycles. The van der Waals surface area contributed by atoms with Crippen LogP contribution in [-0.4, -0.2) is 28.9 Å². The molecule has 0 fully saturated rings. The molecule has 1 atom stereocenters. The van der Waals surface area contributed by atoms with Crippen LogP contribution in [0.3, 0.4) is 0 Å². The van der Waals surface area contributed by atoms with Crippen LogP contribution in [0.1, 0.15) is 51.2 Å². The SMILES string of the molecule is Cc1ccc2c(c1)CN(CC(=O)NCc1nc3c(s1)CCCC3)C[C@@H](c1ccsc1)O2. The topological polar surface area (TPSA) is 54.5 Å². The van der Waals surface area contributed by atoms with Crippen molar-refractivity contribution in [2.24, 2.45) is 0 Å². The molecule has 5 nitrogen and oxygen atoms in total. The zero-order valence-corrected chi connectivity index (χ0v) is 19.4. The number of carbonyl (C=O) groups is 1. The number of fused-ring (bicyclic) bond motifs is 2. The van der Waals surface area contributed by atoms with E-state index in [1.54, 1.807) is 22.7 Å². The van der Waals surface area contributed by atoms with Crippen molar-refractivity contribution in [1.82, 2.24) is 15.2 Å². The number of aryl methyl sites for hydroxylation is 3. The molecular weight excluding hydrogens is 426 g/mol. The Labute approximate surface area is 191 Å². The second kappa shape index (κ2) is 9.10. The van der Waals surface area contributed by atoms with E-state index in [1.807, 2.05) is 0 Å². The van der Waals surface area contributed by atoms with Crippen LogP contribution >= 0.6 is 22.7 Å². The number of amides is 1. The number of rotatable bonds is 5. The first-order valence-corrected chi connectivity index (χ1v) is 12.6. The lowest BCUT2D eigenvalue weighted by atomic mass is 10.0. The summed E-state index contributed by atoms with van der Waals surface area (Å²) < 4.78 is 6.37. The van der Waals surface area contributed by atoms with Crippen LogP contribution in [0.4, 0.5) is 0 Å². The molecule has 2 aliphatic rings. The zero-order chi connectivity index (χ0) is 21.2. The predicted octanol–water partition coefficient (Wildman–Crippen LogP) is 4.64. The molecule has 0 saturated heterocycles. The van der Waals surface area contributed by atoms with Gasteiger partial charge in [-0.05, 0) is 55.5 Å². The maximum absolute atomic E-state index is 12.8. The van der Waals surface area contributed by atoms with Crippen molar-refractivity contribution in [3.05, 3.63) is 67.3 Å². The van der Waals surface area contributed by atoms with E-state index in [-0.39, 0.29) is 12.0 Å². The van der Waals surface area contributed by atoms with E-state index in [1.165, 1.54) is 29.0 Å². The van der Waals surface area contributed by atoms with E-state index in [2.05, 4.69) is 52.2 Å². The van der Waals surface area contributed by atoms with Crippen LogP contribution in [0, 0.1) is 6.92 Å². The van der Waals surface area contributed by atoms with Crippen molar-refractivity contribution < 1.29 is 9.53 Å². The Kier molecular flexibility index (Phi) is 6.07. The summed E-state index contributed by atoms with van der Waals surface area (Å²) >= 11 is 3.43. The summed E-state index contributed by atoms with van der Waals surface area (Å²) in [7, 11) is 0. The summed E-state index contributed by atoms with van der Waals surface area (Å²) in [5, 5.41) is 8.32. The second-order valence-corrected chi connectivity index (χ2v) is 10.4.